The number of anilines is 1. The molecule has 0 aromatic heterocycles. The molecule has 9 heteroatoms. The molecule has 0 unspecified atom stereocenters. The van der Waals surface area contributed by atoms with E-state index in [9.17, 15) is 13.2 Å². The molecule has 0 aliphatic rings. The Balaban J connectivity index is 1.73. The Bertz CT molecular complexity index is 872. The van der Waals surface area contributed by atoms with E-state index in [0.29, 0.717) is 41.1 Å². The van der Waals surface area contributed by atoms with E-state index in [1.54, 1.807) is 48.5 Å². The number of carbonyl (C=O) groups is 1. The van der Waals surface area contributed by atoms with Crippen LogP contribution in [0.1, 0.15) is 12.8 Å². The van der Waals surface area contributed by atoms with E-state index >= 15 is 0 Å². The number of amides is 1. The molecule has 0 radical (unpaired) electrons. The van der Waals surface area contributed by atoms with Crippen molar-refractivity contribution in [2.75, 3.05) is 30.3 Å². The summed E-state index contributed by atoms with van der Waals surface area (Å²) >= 11 is 11.6. The molecule has 0 aliphatic heterocycles. The molecule has 0 bridgehead atoms. The lowest BCUT2D eigenvalue weighted by Crippen LogP contribution is -2.32. The van der Waals surface area contributed by atoms with Gasteiger partial charge in [0.2, 0.25) is 15.9 Å². The second-order valence-corrected chi connectivity index (χ2v) is 8.85. The number of benzene rings is 2. The van der Waals surface area contributed by atoms with Crippen molar-refractivity contribution in [3.8, 4) is 5.75 Å². The molecule has 0 aliphatic carbocycles. The van der Waals surface area contributed by atoms with Crippen molar-refractivity contribution in [2.24, 2.45) is 0 Å². The Morgan fingerprint density at radius 1 is 1.04 bits per heavy atom. The second kappa shape index (κ2) is 10.5. The van der Waals surface area contributed by atoms with Crippen LogP contribution in [0.3, 0.4) is 0 Å². The van der Waals surface area contributed by atoms with Crippen LogP contribution in [-0.2, 0) is 14.8 Å². The lowest BCUT2D eigenvalue weighted by molar-refractivity contribution is -0.121. The minimum atomic E-state index is -3.45. The van der Waals surface area contributed by atoms with Crippen LogP contribution < -0.4 is 14.4 Å². The standard InChI is InChI=1S/C19H22Cl2N2O4S/c1-28(25,26)23(17-8-4-15(20)5-9-17)13-2-3-19(24)22-12-14-27-18-10-6-16(21)7-11-18/h4-11H,2-3,12-14H2,1H3,(H,22,24). The number of nitrogens with zero attached hydrogens (tertiary/aromatic N) is 1. The van der Waals surface area contributed by atoms with Crippen molar-refractivity contribution in [3.05, 3.63) is 58.6 Å². The number of ether oxygens (including phenoxy) is 1. The maximum atomic E-state index is 12.0. The van der Waals surface area contributed by atoms with E-state index in [0.717, 1.165) is 6.26 Å². The van der Waals surface area contributed by atoms with Gasteiger partial charge in [0.15, 0.2) is 0 Å². The fourth-order valence-electron chi connectivity index (χ4n) is 2.46. The van der Waals surface area contributed by atoms with Crippen LogP contribution in [0.25, 0.3) is 0 Å². The van der Waals surface area contributed by atoms with E-state index in [-0.39, 0.29) is 18.9 Å². The van der Waals surface area contributed by atoms with E-state index < -0.39 is 10.0 Å². The fraction of sp³-hybridized carbons (Fsp3) is 0.316. The van der Waals surface area contributed by atoms with Gasteiger partial charge in [-0.1, -0.05) is 23.2 Å². The second-order valence-electron chi connectivity index (χ2n) is 6.07. The molecule has 0 atom stereocenters. The van der Waals surface area contributed by atoms with Crippen LogP contribution in [0.15, 0.2) is 48.5 Å². The summed E-state index contributed by atoms with van der Waals surface area (Å²) in [5.74, 6) is 0.509. The topological polar surface area (TPSA) is 75.7 Å². The Hall–Kier alpha value is -1.96. The van der Waals surface area contributed by atoms with E-state index in [2.05, 4.69) is 5.32 Å². The molecule has 0 saturated carbocycles. The van der Waals surface area contributed by atoms with Crippen molar-refractivity contribution in [3.63, 3.8) is 0 Å². The highest BCUT2D eigenvalue weighted by Crippen LogP contribution is 2.21. The van der Waals surface area contributed by atoms with Crippen molar-refractivity contribution in [1.82, 2.24) is 5.32 Å². The van der Waals surface area contributed by atoms with Crippen LogP contribution in [0.5, 0.6) is 5.75 Å². The van der Waals surface area contributed by atoms with Gasteiger partial charge in [0.25, 0.3) is 0 Å². The lowest BCUT2D eigenvalue weighted by Gasteiger charge is -2.22. The van der Waals surface area contributed by atoms with Gasteiger partial charge in [-0.3, -0.25) is 9.10 Å². The largest absolute Gasteiger partial charge is 0.492 e. The van der Waals surface area contributed by atoms with Crippen LogP contribution in [0.4, 0.5) is 5.69 Å². The maximum absolute atomic E-state index is 12.0. The first-order valence-electron chi connectivity index (χ1n) is 8.64. The zero-order valence-electron chi connectivity index (χ0n) is 15.4. The minimum absolute atomic E-state index is 0.163. The first-order chi connectivity index (χ1) is 13.3. The molecular formula is C19H22Cl2N2O4S. The molecule has 6 nitrogen and oxygen atoms in total. The molecule has 0 heterocycles. The van der Waals surface area contributed by atoms with Crippen molar-refractivity contribution >= 4 is 44.8 Å². The maximum Gasteiger partial charge on any atom is 0.232 e. The Morgan fingerprint density at radius 3 is 2.18 bits per heavy atom. The summed E-state index contributed by atoms with van der Waals surface area (Å²) in [5, 5.41) is 3.90. The third-order valence-electron chi connectivity index (χ3n) is 3.79. The monoisotopic (exact) mass is 444 g/mol. The van der Waals surface area contributed by atoms with Crippen LogP contribution in [0.2, 0.25) is 10.0 Å². The summed E-state index contributed by atoms with van der Waals surface area (Å²) in [6.07, 6.45) is 1.73. The van der Waals surface area contributed by atoms with E-state index in [1.807, 2.05) is 0 Å². The zero-order valence-corrected chi connectivity index (χ0v) is 17.7. The van der Waals surface area contributed by atoms with E-state index in [4.69, 9.17) is 27.9 Å². The van der Waals surface area contributed by atoms with Crippen LogP contribution >= 0.6 is 23.2 Å². The molecule has 152 valence electrons. The predicted octanol–water partition coefficient (Wildman–Crippen LogP) is 3.73. The summed E-state index contributed by atoms with van der Waals surface area (Å²) in [5.41, 5.74) is 0.517. The van der Waals surface area contributed by atoms with Crippen molar-refractivity contribution < 1.29 is 17.9 Å². The van der Waals surface area contributed by atoms with Crippen molar-refractivity contribution in [2.45, 2.75) is 12.8 Å². The number of carbonyl (C=O) groups excluding carboxylic acids is 1. The van der Waals surface area contributed by atoms with E-state index in [1.165, 1.54) is 4.31 Å². The molecule has 0 spiro atoms. The highest BCUT2D eigenvalue weighted by molar-refractivity contribution is 7.92. The molecule has 28 heavy (non-hydrogen) atoms. The van der Waals surface area contributed by atoms with Gasteiger partial charge in [0.1, 0.15) is 12.4 Å². The summed E-state index contributed by atoms with van der Waals surface area (Å²) in [6, 6.07) is 13.5. The molecule has 2 rings (SSSR count). The highest BCUT2D eigenvalue weighted by atomic mass is 35.5. The Morgan fingerprint density at radius 2 is 1.61 bits per heavy atom. The predicted molar refractivity (Wildman–Crippen MR) is 113 cm³/mol. The molecule has 1 amide bonds. The Labute approximate surface area is 175 Å². The number of sulfonamides is 1. The first kappa shape index (κ1) is 22.3. The van der Waals surface area contributed by atoms with Crippen LogP contribution in [0, 0.1) is 0 Å². The smallest absolute Gasteiger partial charge is 0.232 e. The molecular weight excluding hydrogens is 423 g/mol. The average Bonchev–Trinajstić information content (AvgIpc) is 2.64. The van der Waals surface area contributed by atoms with Gasteiger partial charge in [0.05, 0.1) is 18.5 Å². The van der Waals surface area contributed by atoms with Gasteiger partial charge >= 0.3 is 0 Å². The summed E-state index contributed by atoms with van der Waals surface area (Å²) in [6.45, 7) is 0.886. The lowest BCUT2D eigenvalue weighted by atomic mass is 10.2. The Kier molecular flexibility index (Phi) is 8.41. The van der Waals surface area contributed by atoms with Gasteiger partial charge in [-0.2, -0.15) is 0 Å². The minimum Gasteiger partial charge on any atom is -0.492 e. The summed E-state index contributed by atoms with van der Waals surface area (Å²) in [7, 11) is -3.45. The SMILES string of the molecule is CS(=O)(=O)N(CCCC(=O)NCCOc1ccc(Cl)cc1)c1ccc(Cl)cc1. The van der Waals surface area contributed by atoms with Gasteiger partial charge in [-0.25, -0.2) is 8.42 Å². The number of nitrogens with one attached hydrogen (secondary N) is 1. The van der Waals surface area contributed by atoms with Gasteiger partial charge in [-0.15, -0.1) is 0 Å². The molecule has 0 fully saturated rings. The molecule has 2 aromatic rings. The van der Waals surface area contributed by atoms with Crippen molar-refractivity contribution in [1.29, 1.82) is 0 Å². The zero-order chi connectivity index (χ0) is 20.6. The van der Waals surface area contributed by atoms with Gasteiger partial charge in [-0.05, 0) is 55.0 Å². The molecule has 1 N–H and O–H groups in total. The normalized spacial score (nSPS) is 11.1. The average molecular weight is 445 g/mol. The molecule has 2 aromatic carbocycles. The molecule has 0 saturated heterocycles. The summed E-state index contributed by atoms with van der Waals surface area (Å²) < 4.78 is 30.8. The van der Waals surface area contributed by atoms with Gasteiger partial charge < -0.3 is 10.1 Å². The third kappa shape index (κ3) is 7.58. The summed E-state index contributed by atoms with van der Waals surface area (Å²) in [4.78, 5) is 11.9. The number of hydrogen-bond acceptors (Lipinski definition) is 4. The quantitative estimate of drug-likeness (QED) is 0.566. The first-order valence-corrected chi connectivity index (χ1v) is 11.2. The number of rotatable bonds is 10. The third-order valence-corrected chi connectivity index (χ3v) is 5.48. The fourth-order valence-corrected chi connectivity index (χ4v) is 3.67. The highest BCUT2D eigenvalue weighted by Gasteiger charge is 2.17. The van der Waals surface area contributed by atoms with Crippen LogP contribution in [-0.4, -0.2) is 40.3 Å². The number of halogens is 2. The number of hydrogen-bond donors (Lipinski definition) is 1. The van der Waals surface area contributed by atoms with Gasteiger partial charge in [0, 0.05) is 23.0 Å².